The Morgan fingerprint density at radius 2 is 2.06 bits per heavy atom. The number of alkyl halides is 1. The quantitative estimate of drug-likeness (QED) is 0.758. The summed E-state index contributed by atoms with van der Waals surface area (Å²) in [4.78, 5) is 0.223. The van der Waals surface area contributed by atoms with Crippen LogP contribution in [0.25, 0.3) is 0 Å². The molecular formula is C12H20ClNO3S. The van der Waals surface area contributed by atoms with E-state index in [-0.39, 0.29) is 16.7 Å². The molecule has 1 aromatic rings. The molecule has 0 spiro atoms. The van der Waals surface area contributed by atoms with Crippen LogP contribution in [0.5, 0.6) is 0 Å². The van der Waals surface area contributed by atoms with Crippen LogP contribution in [0, 0.1) is 12.8 Å². The molecule has 1 rings (SSSR count). The van der Waals surface area contributed by atoms with Gasteiger partial charge in [-0.05, 0) is 12.8 Å². The summed E-state index contributed by atoms with van der Waals surface area (Å²) in [6, 6.07) is 1.51. The Labute approximate surface area is 114 Å². The van der Waals surface area contributed by atoms with Crippen molar-refractivity contribution in [3.8, 4) is 0 Å². The van der Waals surface area contributed by atoms with Gasteiger partial charge in [0.1, 0.15) is 16.4 Å². The molecule has 0 aliphatic carbocycles. The van der Waals surface area contributed by atoms with Crippen molar-refractivity contribution in [3.05, 3.63) is 17.6 Å². The smallest absolute Gasteiger partial charge is 0.246 e. The maximum atomic E-state index is 12.5. The van der Waals surface area contributed by atoms with Gasteiger partial charge in [-0.2, -0.15) is 4.31 Å². The van der Waals surface area contributed by atoms with Gasteiger partial charge in [0, 0.05) is 19.2 Å². The van der Waals surface area contributed by atoms with Crippen molar-refractivity contribution in [2.24, 2.45) is 5.92 Å². The highest BCUT2D eigenvalue weighted by Gasteiger charge is 2.28. The van der Waals surface area contributed by atoms with Gasteiger partial charge in [-0.15, -0.1) is 11.6 Å². The van der Waals surface area contributed by atoms with E-state index in [9.17, 15) is 8.42 Å². The topological polar surface area (TPSA) is 50.5 Å². The van der Waals surface area contributed by atoms with Gasteiger partial charge in [0.25, 0.3) is 0 Å². The first-order valence-electron chi connectivity index (χ1n) is 5.98. The van der Waals surface area contributed by atoms with Crippen LogP contribution in [0.1, 0.15) is 32.3 Å². The molecule has 0 radical (unpaired) electrons. The third-order valence-corrected chi connectivity index (χ3v) is 4.91. The Hall–Kier alpha value is -0.520. The standard InChI is InChI=1S/C12H20ClNO3S/c1-5-14(8-9(2)3)18(15,16)12-6-11(7-13)17-10(12)4/h6,9H,5,7-8H2,1-4H3. The van der Waals surface area contributed by atoms with Gasteiger partial charge in [-0.25, -0.2) is 8.42 Å². The molecule has 0 amide bonds. The molecule has 0 aromatic carbocycles. The predicted octanol–water partition coefficient (Wildman–Crippen LogP) is 2.99. The van der Waals surface area contributed by atoms with Gasteiger partial charge in [-0.1, -0.05) is 20.8 Å². The number of rotatable bonds is 6. The number of furan rings is 1. The van der Waals surface area contributed by atoms with E-state index in [0.717, 1.165) is 0 Å². The fraction of sp³-hybridized carbons (Fsp3) is 0.667. The number of aryl methyl sites for hydroxylation is 1. The van der Waals surface area contributed by atoms with Crippen LogP contribution in [0.4, 0.5) is 0 Å². The Kier molecular flexibility index (Phi) is 5.25. The maximum Gasteiger partial charge on any atom is 0.246 e. The highest BCUT2D eigenvalue weighted by atomic mass is 35.5. The fourth-order valence-corrected chi connectivity index (χ4v) is 3.72. The molecule has 0 atom stereocenters. The Balaban J connectivity index is 3.14. The monoisotopic (exact) mass is 293 g/mol. The fourth-order valence-electron chi connectivity index (χ4n) is 1.79. The van der Waals surface area contributed by atoms with Crippen molar-refractivity contribution in [1.82, 2.24) is 4.31 Å². The van der Waals surface area contributed by atoms with Crippen molar-refractivity contribution < 1.29 is 12.8 Å². The molecule has 0 saturated carbocycles. The van der Waals surface area contributed by atoms with E-state index in [1.165, 1.54) is 10.4 Å². The zero-order chi connectivity index (χ0) is 13.9. The lowest BCUT2D eigenvalue weighted by molar-refractivity contribution is 0.379. The summed E-state index contributed by atoms with van der Waals surface area (Å²) in [5.74, 6) is 1.33. The summed E-state index contributed by atoms with van der Waals surface area (Å²) in [5.41, 5.74) is 0. The highest BCUT2D eigenvalue weighted by Crippen LogP contribution is 2.25. The lowest BCUT2D eigenvalue weighted by Gasteiger charge is -2.21. The lowest BCUT2D eigenvalue weighted by atomic mass is 10.2. The van der Waals surface area contributed by atoms with Gasteiger partial charge in [0.15, 0.2) is 0 Å². The molecule has 4 nitrogen and oxygen atoms in total. The number of hydrogen-bond donors (Lipinski definition) is 0. The van der Waals surface area contributed by atoms with Gasteiger partial charge in [0.05, 0.1) is 5.88 Å². The molecule has 104 valence electrons. The van der Waals surface area contributed by atoms with Crippen LogP contribution in [-0.2, 0) is 15.9 Å². The van der Waals surface area contributed by atoms with Gasteiger partial charge < -0.3 is 4.42 Å². The van der Waals surface area contributed by atoms with Crippen LogP contribution < -0.4 is 0 Å². The summed E-state index contributed by atoms with van der Waals surface area (Å²) < 4.78 is 31.7. The largest absolute Gasteiger partial charge is 0.464 e. The first-order chi connectivity index (χ1) is 8.32. The van der Waals surface area contributed by atoms with Crippen molar-refractivity contribution in [2.45, 2.75) is 38.5 Å². The first-order valence-corrected chi connectivity index (χ1v) is 7.95. The average Bonchev–Trinajstić information content (AvgIpc) is 2.67. The molecule has 0 saturated heterocycles. The number of hydrogen-bond acceptors (Lipinski definition) is 3. The van der Waals surface area contributed by atoms with E-state index in [0.29, 0.717) is 24.6 Å². The van der Waals surface area contributed by atoms with Crippen molar-refractivity contribution in [2.75, 3.05) is 13.1 Å². The molecule has 0 fully saturated rings. The van der Waals surface area contributed by atoms with E-state index in [4.69, 9.17) is 16.0 Å². The molecule has 0 aliphatic rings. The molecule has 0 unspecified atom stereocenters. The number of halogens is 1. The lowest BCUT2D eigenvalue weighted by Crippen LogP contribution is -2.34. The Morgan fingerprint density at radius 3 is 2.44 bits per heavy atom. The van der Waals surface area contributed by atoms with Gasteiger partial charge in [0.2, 0.25) is 10.0 Å². The van der Waals surface area contributed by atoms with Crippen molar-refractivity contribution in [3.63, 3.8) is 0 Å². The van der Waals surface area contributed by atoms with Gasteiger partial charge >= 0.3 is 0 Å². The van der Waals surface area contributed by atoms with Crippen LogP contribution in [0.3, 0.4) is 0 Å². The SMILES string of the molecule is CCN(CC(C)C)S(=O)(=O)c1cc(CCl)oc1C. The van der Waals surface area contributed by atoms with Crippen LogP contribution >= 0.6 is 11.6 Å². The predicted molar refractivity (Wildman–Crippen MR) is 72.3 cm³/mol. The normalized spacial score (nSPS) is 12.6. The molecule has 18 heavy (non-hydrogen) atoms. The van der Waals surface area contributed by atoms with E-state index in [2.05, 4.69) is 0 Å². The van der Waals surface area contributed by atoms with E-state index in [1.54, 1.807) is 6.92 Å². The molecule has 0 bridgehead atoms. The minimum atomic E-state index is -3.49. The second-order valence-corrected chi connectivity index (χ2v) is 6.79. The molecule has 1 heterocycles. The van der Waals surface area contributed by atoms with Crippen LogP contribution in [0.2, 0.25) is 0 Å². The summed E-state index contributed by atoms with van der Waals surface area (Å²) in [5, 5.41) is 0. The third-order valence-electron chi connectivity index (χ3n) is 2.59. The third kappa shape index (κ3) is 3.28. The summed E-state index contributed by atoms with van der Waals surface area (Å²) >= 11 is 5.66. The summed E-state index contributed by atoms with van der Waals surface area (Å²) in [6.07, 6.45) is 0. The molecule has 0 N–H and O–H groups in total. The molecular weight excluding hydrogens is 274 g/mol. The Morgan fingerprint density at radius 1 is 1.44 bits per heavy atom. The van der Waals surface area contributed by atoms with E-state index in [1.807, 2.05) is 20.8 Å². The van der Waals surface area contributed by atoms with Crippen molar-refractivity contribution in [1.29, 1.82) is 0 Å². The molecule has 0 aliphatic heterocycles. The second kappa shape index (κ2) is 6.08. The average molecular weight is 294 g/mol. The van der Waals surface area contributed by atoms with Gasteiger partial charge in [-0.3, -0.25) is 0 Å². The van der Waals surface area contributed by atoms with Crippen LogP contribution in [-0.4, -0.2) is 25.8 Å². The number of nitrogens with zero attached hydrogens (tertiary/aromatic N) is 1. The minimum Gasteiger partial charge on any atom is -0.464 e. The minimum absolute atomic E-state index is 0.173. The Bertz CT molecular complexity index is 493. The first kappa shape index (κ1) is 15.5. The van der Waals surface area contributed by atoms with Crippen molar-refractivity contribution >= 4 is 21.6 Å². The second-order valence-electron chi connectivity index (χ2n) is 4.62. The van der Waals surface area contributed by atoms with Crippen LogP contribution in [0.15, 0.2) is 15.4 Å². The molecule has 1 aromatic heterocycles. The highest BCUT2D eigenvalue weighted by molar-refractivity contribution is 7.89. The maximum absolute atomic E-state index is 12.5. The number of sulfonamides is 1. The zero-order valence-electron chi connectivity index (χ0n) is 11.2. The summed E-state index contributed by atoms with van der Waals surface area (Å²) in [7, 11) is -3.49. The summed E-state index contributed by atoms with van der Waals surface area (Å²) in [6.45, 7) is 8.40. The zero-order valence-corrected chi connectivity index (χ0v) is 12.8. The molecule has 6 heteroatoms. The van der Waals surface area contributed by atoms with E-state index < -0.39 is 10.0 Å². The van der Waals surface area contributed by atoms with E-state index >= 15 is 0 Å².